The summed E-state index contributed by atoms with van der Waals surface area (Å²) >= 11 is 0. The average molecular weight is 398 g/mol. The molecule has 2 atom stereocenters. The number of furan rings is 1. The number of likely N-dealkylation sites (tertiary alicyclic amines) is 1. The molecule has 5 rings (SSSR count). The lowest BCUT2D eigenvalue weighted by Crippen LogP contribution is -2.46. The van der Waals surface area contributed by atoms with Gasteiger partial charge in [-0.1, -0.05) is 0 Å². The van der Waals surface area contributed by atoms with Gasteiger partial charge < -0.3 is 24.7 Å². The molecule has 3 amide bonds. The highest BCUT2D eigenvalue weighted by molar-refractivity contribution is 5.95. The second-order valence-corrected chi connectivity index (χ2v) is 8.30. The van der Waals surface area contributed by atoms with Crippen molar-refractivity contribution in [2.75, 3.05) is 32.8 Å². The molecule has 4 heterocycles. The summed E-state index contributed by atoms with van der Waals surface area (Å²) in [6, 6.07) is 3.88. The lowest BCUT2D eigenvalue weighted by Gasteiger charge is -2.27. The molecule has 3 aliphatic rings. The topological polar surface area (TPSA) is 96.7 Å². The normalized spacial score (nSPS) is 26.3. The summed E-state index contributed by atoms with van der Waals surface area (Å²) in [5.74, 6) is 1.88. The Morgan fingerprint density at radius 2 is 2.00 bits per heavy atom. The Labute approximate surface area is 169 Å². The quantitative estimate of drug-likeness (QED) is 0.803. The van der Waals surface area contributed by atoms with Crippen LogP contribution in [0.1, 0.15) is 29.8 Å². The van der Waals surface area contributed by atoms with E-state index in [0.717, 1.165) is 51.0 Å². The van der Waals surface area contributed by atoms with Gasteiger partial charge in [0.05, 0.1) is 6.20 Å². The molecule has 2 unspecified atom stereocenters. The van der Waals surface area contributed by atoms with Gasteiger partial charge in [0.25, 0.3) is 5.91 Å². The van der Waals surface area contributed by atoms with E-state index in [2.05, 4.69) is 15.6 Å². The summed E-state index contributed by atoms with van der Waals surface area (Å²) in [5, 5.41) is 6.97. The number of carbonyl (C=O) groups is 2. The zero-order valence-electron chi connectivity index (χ0n) is 16.3. The predicted octanol–water partition coefficient (Wildman–Crippen LogP) is 2.01. The Kier molecular flexibility index (Phi) is 4.87. The summed E-state index contributed by atoms with van der Waals surface area (Å²) in [6.45, 7) is 3.74. The summed E-state index contributed by atoms with van der Waals surface area (Å²) in [5.41, 5.74) is 0.619. The van der Waals surface area contributed by atoms with Gasteiger partial charge >= 0.3 is 6.03 Å². The van der Waals surface area contributed by atoms with Crippen molar-refractivity contribution in [3.63, 3.8) is 0 Å². The lowest BCUT2D eigenvalue weighted by atomic mass is 10.1. The van der Waals surface area contributed by atoms with E-state index in [1.807, 2.05) is 11.0 Å². The molecule has 8 heteroatoms. The predicted molar refractivity (Wildman–Crippen MR) is 105 cm³/mol. The lowest BCUT2D eigenvalue weighted by molar-refractivity contribution is 0.0782. The molecular formula is C21H26N4O4. The van der Waals surface area contributed by atoms with Crippen molar-refractivity contribution >= 4 is 22.9 Å². The number of pyridine rings is 1. The maximum absolute atomic E-state index is 12.4. The second-order valence-electron chi connectivity index (χ2n) is 8.30. The van der Waals surface area contributed by atoms with E-state index in [0.29, 0.717) is 35.6 Å². The molecule has 2 aliphatic heterocycles. The minimum Gasteiger partial charge on any atom is -0.449 e. The molecule has 2 N–H and O–H groups in total. The summed E-state index contributed by atoms with van der Waals surface area (Å²) in [6.07, 6.45) is 6.03. The molecule has 0 bridgehead atoms. The van der Waals surface area contributed by atoms with E-state index < -0.39 is 0 Å². The number of nitrogens with one attached hydrogen (secondary N) is 2. The van der Waals surface area contributed by atoms with Crippen LogP contribution in [0.2, 0.25) is 0 Å². The molecule has 154 valence electrons. The van der Waals surface area contributed by atoms with Gasteiger partial charge in [0.15, 0.2) is 11.3 Å². The monoisotopic (exact) mass is 398 g/mol. The molecule has 3 fully saturated rings. The molecule has 0 aromatic carbocycles. The van der Waals surface area contributed by atoms with Crippen LogP contribution in [0.15, 0.2) is 28.9 Å². The van der Waals surface area contributed by atoms with Crippen LogP contribution in [-0.4, -0.2) is 60.7 Å². The number of fused-ring (bicyclic) bond motifs is 2. The average Bonchev–Trinajstić information content (AvgIpc) is 3.11. The number of urea groups is 1. The van der Waals surface area contributed by atoms with E-state index in [1.54, 1.807) is 18.5 Å². The molecule has 0 radical (unpaired) electrons. The van der Waals surface area contributed by atoms with Crippen LogP contribution in [0.4, 0.5) is 4.79 Å². The van der Waals surface area contributed by atoms with E-state index in [-0.39, 0.29) is 18.0 Å². The maximum Gasteiger partial charge on any atom is 0.317 e. The molecule has 0 spiro atoms. The van der Waals surface area contributed by atoms with Gasteiger partial charge in [0, 0.05) is 50.5 Å². The van der Waals surface area contributed by atoms with E-state index in [1.165, 1.54) is 0 Å². The highest BCUT2D eigenvalue weighted by Crippen LogP contribution is 2.53. The van der Waals surface area contributed by atoms with Gasteiger partial charge in [0.2, 0.25) is 0 Å². The first-order chi connectivity index (χ1) is 14.2. The van der Waals surface area contributed by atoms with Gasteiger partial charge in [0.1, 0.15) is 0 Å². The Bertz CT molecular complexity index is 862. The summed E-state index contributed by atoms with van der Waals surface area (Å²) < 4.78 is 10.9. The third-order valence-electron chi connectivity index (χ3n) is 6.52. The Morgan fingerprint density at radius 3 is 2.76 bits per heavy atom. The fraction of sp³-hybridized carbons (Fsp3) is 0.571. The fourth-order valence-electron chi connectivity index (χ4n) is 4.79. The Morgan fingerprint density at radius 1 is 1.21 bits per heavy atom. The molecule has 1 aliphatic carbocycles. The smallest absolute Gasteiger partial charge is 0.317 e. The number of rotatable bonds is 5. The largest absolute Gasteiger partial charge is 0.449 e. The number of ether oxygens (including phenoxy) is 1. The number of nitrogens with zero attached hydrogens (tertiary/aromatic N) is 2. The van der Waals surface area contributed by atoms with E-state index in [9.17, 15) is 9.59 Å². The Hall–Kier alpha value is -2.61. The van der Waals surface area contributed by atoms with E-state index in [4.69, 9.17) is 9.15 Å². The van der Waals surface area contributed by atoms with Gasteiger partial charge in [-0.3, -0.25) is 9.78 Å². The third kappa shape index (κ3) is 3.81. The zero-order valence-corrected chi connectivity index (χ0v) is 16.3. The highest BCUT2D eigenvalue weighted by atomic mass is 16.5. The molecule has 2 aromatic heterocycles. The van der Waals surface area contributed by atoms with Gasteiger partial charge in [-0.15, -0.1) is 0 Å². The van der Waals surface area contributed by atoms with Crippen molar-refractivity contribution in [1.29, 1.82) is 0 Å². The van der Waals surface area contributed by atoms with Crippen molar-refractivity contribution in [2.45, 2.75) is 25.3 Å². The number of piperidine rings is 1. The first kappa shape index (κ1) is 18.4. The van der Waals surface area contributed by atoms with Gasteiger partial charge in [-0.05, 0) is 49.1 Å². The van der Waals surface area contributed by atoms with Crippen LogP contribution in [0.5, 0.6) is 0 Å². The van der Waals surface area contributed by atoms with Crippen molar-refractivity contribution in [3.8, 4) is 0 Å². The molecule has 29 heavy (non-hydrogen) atoms. The minimum atomic E-state index is -0.190. The minimum absolute atomic E-state index is 0.0653. The molecule has 1 saturated carbocycles. The zero-order chi connectivity index (χ0) is 19.8. The third-order valence-corrected chi connectivity index (χ3v) is 6.52. The van der Waals surface area contributed by atoms with Crippen molar-refractivity contribution in [1.82, 2.24) is 20.5 Å². The number of carbonyl (C=O) groups excluding carboxylic acids is 2. The first-order valence-electron chi connectivity index (χ1n) is 10.4. The second kappa shape index (κ2) is 7.67. The first-order valence-corrected chi connectivity index (χ1v) is 10.4. The standard InChI is InChI=1S/C21H26N4O4/c26-20(18-9-13-1-5-22-10-19(13)29-18)23-6-2-15-16-11-25(12-17(15)16)21(27)24-14-3-7-28-8-4-14/h1,5,9-10,14-17H,2-4,6-8,11-12H2,(H,23,26)(H,24,27). The van der Waals surface area contributed by atoms with Crippen LogP contribution >= 0.6 is 0 Å². The molecule has 2 aromatic rings. The van der Waals surface area contributed by atoms with Crippen LogP contribution in [-0.2, 0) is 4.74 Å². The molecule has 2 saturated heterocycles. The highest BCUT2D eigenvalue weighted by Gasteiger charge is 2.55. The van der Waals surface area contributed by atoms with Crippen LogP contribution in [0, 0.1) is 17.8 Å². The number of aromatic nitrogens is 1. The van der Waals surface area contributed by atoms with Gasteiger partial charge in [-0.2, -0.15) is 0 Å². The molecular weight excluding hydrogens is 372 g/mol. The summed E-state index contributed by atoms with van der Waals surface area (Å²) in [7, 11) is 0. The maximum atomic E-state index is 12.4. The Balaban J connectivity index is 1.04. The number of hydrogen-bond acceptors (Lipinski definition) is 5. The van der Waals surface area contributed by atoms with Crippen molar-refractivity contribution in [3.05, 3.63) is 30.3 Å². The van der Waals surface area contributed by atoms with Gasteiger partial charge in [-0.25, -0.2) is 4.79 Å². The fourth-order valence-corrected chi connectivity index (χ4v) is 4.79. The number of amides is 3. The summed E-state index contributed by atoms with van der Waals surface area (Å²) in [4.78, 5) is 30.7. The van der Waals surface area contributed by atoms with Crippen LogP contribution < -0.4 is 10.6 Å². The molecule has 8 nitrogen and oxygen atoms in total. The SMILES string of the molecule is O=C(NCCC1C2CN(C(=O)NC3CCOCC3)CC12)c1cc2ccncc2o1. The van der Waals surface area contributed by atoms with E-state index >= 15 is 0 Å². The van der Waals surface area contributed by atoms with Crippen molar-refractivity contribution in [2.24, 2.45) is 17.8 Å². The van der Waals surface area contributed by atoms with Crippen LogP contribution in [0.3, 0.4) is 0 Å². The van der Waals surface area contributed by atoms with Crippen molar-refractivity contribution < 1.29 is 18.7 Å². The van der Waals surface area contributed by atoms with Crippen LogP contribution in [0.25, 0.3) is 11.0 Å². The number of hydrogen-bond donors (Lipinski definition) is 2.